The molecule has 2 fully saturated rings. The minimum absolute atomic E-state index is 0.171. The number of carbonyl (C=O) groups is 2. The minimum Gasteiger partial charge on any atom is -0.480 e. The van der Waals surface area contributed by atoms with Crippen LogP contribution < -0.4 is 0 Å². The predicted octanol–water partition coefficient (Wildman–Crippen LogP) is 0.877. The van der Waals surface area contributed by atoms with Gasteiger partial charge in [0.15, 0.2) is 5.41 Å². The van der Waals surface area contributed by atoms with Crippen LogP contribution in [0.15, 0.2) is 0 Å². The molecular weight excluding hydrogens is 222 g/mol. The van der Waals surface area contributed by atoms with E-state index < -0.39 is 23.0 Å². The summed E-state index contributed by atoms with van der Waals surface area (Å²) >= 11 is 0. The van der Waals surface area contributed by atoms with Crippen molar-refractivity contribution in [2.45, 2.75) is 45.3 Å². The molecule has 0 unspecified atom stereocenters. The third-order valence-electron chi connectivity index (χ3n) is 3.53. The zero-order valence-corrected chi connectivity index (χ0v) is 10.5. The number of aliphatic carboxylic acids is 1. The smallest absolute Gasteiger partial charge is 0.327 e. The van der Waals surface area contributed by atoms with E-state index in [9.17, 15) is 14.7 Å². The van der Waals surface area contributed by atoms with Crippen molar-refractivity contribution >= 4 is 11.9 Å². The first-order valence-corrected chi connectivity index (χ1v) is 5.98. The fourth-order valence-electron chi connectivity index (χ4n) is 2.75. The van der Waals surface area contributed by atoms with E-state index in [-0.39, 0.29) is 6.04 Å². The summed E-state index contributed by atoms with van der Waals surface area (Å²) in [7, 11) is 0. The Bertz CT molecular complexity index is 360. The molecule has 0 spiro atoms. The molecule has 96 valence electrons. The number of carboxylic acids is 1. The molecule has 5 heteroatoms. The van der Waals surface area contributed by atoms with E-state index in [2.05, 4.69) is 4.90 Å². The summed E-state index contributed by atoms with van der Waals surface area (Å²) in [6.45, 7) is 6.45. The summed E-state index contributed by atoms with van der Waals surface area (Å²) < 4.78 is 5.27. The zero-order chi connectivity index (χ0) is 12.8. The van der Waals surface area contributed by atoms with Crippen LogP contribution in [-0.4, -0.2) is 46.7 Å². The van der Waals surface area contributed by atoms with Gasteiger partial charge in [0.05, 0.1) is 0 Å². The predicted molar refractivity (Wildman–Crippen MR) is 60.5 cm³/mol. The molecule has 0 aromatic carbocycles. The van der Waals surface area contributed by atoms with Crippen molar-refractivity contribution in [1.82, 2.24) is 4.90 Å². The van der Waals surface area contributed by atoms with Gasteiger partial charge in [-0.1, -0.05) is 0 Å². The highest BCUT2D eigenvalue weighted by Gasteiger charge is 2.65. The molecule has 1 N–H and O–H groups in total. The Kier molecular flexibility index (Phi) is 2.69. The molecule has 2 atom stereocenters. The number of esters is 1. The monoisotopic (exact) mass is 241 g/mol. The second-order valence-corrected chi connectivity index (χ2v) is 5.91. The van der Waals surface area contributed by atoms with Crippen LogP contribution in [0.1, 0.15) is 33.6 Å². The first kappa shape index (κ1) is 12.4. The molecule has 0 aromatic heterocycles. The third kappa shape index (κ3) is 1.82. The highest BCUT2D eigenvalue weighted by molar-refractivity contribution is 6.02. The molecule has 17 heavy (non-hydrogen) atoms. The van der Waals surface area contributed by atoms with Crippen molar-refractivity contribution in [3.05, 3.63) is 0 Å². The van der Waals surface area contributed by atoms with E-state index in [1.165, 1.54) is 0 Å². The van der Waals surface area contributed by atoms with Crippen LogP contribution in [0.2, 0.25) is 0 Å². The lowest BCUT2D eigenvalue weighted by molar-refractivity contribution is -0.196. The van der Waals surface area contributed by atoms with Gasteiger partial charge in [0.25, 0.3) is 0 Å². The molecule has 0 radical (unpaired) electrons. The number of rotatable bonds is 2. The van der Waals surface area contributed by atoms with Crippen LogP contribution in [0, 0.1) is 5.41 Å². The van der Waals surface area contributed by atoms with Gasteiger partial charge < -0.3 is 9.84 Å². The van der Waals surface area contributed by atoms with Crippen LogP contribution in [0.25, 0.3) is 0 Å². The van der Waals surface area contributed by atoms with E-state index in [1.54, 1.807) is 20.8 Å². The lowest BCUT2D eigenvalue weighted by Gasteiger charge is -2.50. The number of fused-ring (bicyclic) bond motifs is 1. The van der Waals surface area contributed by atoms with Crippen LogP contribution in [0.5, 0.6) is 0 Å². The van der Waals surface area contributed by atoms with E-state index >= 15 is 0 Å². The van der Waals surface area contributed by atoms with E-state index in [0.29, 0.717) is 6.54 Å². The Labute approximate surface area is 101 Å². The zero-order valence-electron chi connectivity index (χ0n) is 10.5. The minimum atomic E-state index is -1.33. The maximum Gasteiger partial charge on any atom is 0.327 e. The van der Waals surface area contributed by atoms with Crippen LogP contribution >= 0.6 is 0 Å². The summed E-state index contributed by atoms with van der Waals surface area (Å²) in [5.74, 6) is -1.63. The molecule has 2 rings (SSSR count). The number of hydrogen-bond donors (Lipinski definition) is 1. The largest absolute Gasteiger partial charge is 0.480 e. The maximum atomic E-state index is 12.1. The van der Waals surface area contributed by atoms with E-state index in [0.717, 1.165) is 19.4 Å². The van der Waals surface area contributed by atoms with Crippen molar-refractivity contribution in [3.8, 4) is 0 Å². The molecule has 2 saturated heterocycles. The number of nitrogens with zero attached hydrogens (tertiary/aromatic N) is 1. The lowest BCUT2D eigenvalue weighted by Crippen LogP contribution is -2.69. The second kappa shape index (κ2) is 3.70. The van der Waals surface area contributed by atoms with Crippen molar-refractivity contribution in [2.75, 3.05) is 13.1 Å². The first-order chi connectivity index (χ1) is 7.77. The second-order valence-electron chi connectivity index (χ2n) is 5.91. The van der Waals surface area contributed by atoms with Gasteiger partial charge in [-0.15, -0.1) is 0 Å². The molecule has 0 aliphatic carbocycles. The van der Waals surface area contributed by atoms with Crippen molar-refractivity contribution in [3.63, 3.8) is 0 Å². The fourth-order valence-corrected chi connectivity index (χ4v) is 2.75. The number of carboxylic acid groups (broad SMARTS) is 1. The number of ether oxygens (including phenoxy) is 1. The van der Waals surface area contributed by atoms with E-state index in [4.69, 9.17) is 4.74 Å². The molecule has 0 amide bonds. The molecule has 5 nitrogen and oxygen atoms in total. The quantitative estimate of drug-likeness (QED) is 0.574. The van der Waals surface area contributed by atoms with Gasteiger partial charge in [-0.05, 0) is 40.2 Å². The van der Waals surface area contributed by atoms with Crippen molar-refractivity contribution in [2.24, 2.45) is 5.41 Å². The Morgan fingerprint density at radius 1 is 1.41 bits per heavy atom. The fraction of sp³-hybridized carbons (Fsp3) is 0.833. The van der Waals surface area contributed by atoms with Gasteiger partial charge in [0.1, 0.15) is 5.60 Å². The first-order valence-electron chi connectivity index (χ1n) is 5.98. The standard InChI is InChI=1S/C12H19NO4/c1-11(2,3)17-10(16)12(9(14)15)7-13-6-4-5-8(12)13/h8H,4-7H2,1-3H3,(H,14,15)/t8-,12-/m0/s1. The average Bonchev–Trinajstić information content (AvgIpc) is 2.45. The van der Waals surface area contributed by atoms with Crippen molar-refractivity contribution in [1.29, 1.82) is 0 Å². The Hall–Kier alpha value is -1.10. The van der Waals surface area contributed by atoms with Gasteiger partial charge in [0.2, 0.25) is 0 Å². The summed E-state index contributed by atoms with van der Waals surface area (Å²) in [5, 5.41) is 9.37. The molecule has 0 saturated carbocycles. The SMILES string of the molecule is CC(C)(C)OC(=O)[C@@]1(C(=O)O)CN2CCC[C@H]21. The van der Waals surface area contributed by atoms with Gasteiger partial charge in [-0.2, -0.15) is 0 Å². The number of carbonyl (C=O) groups excluding carboxylic acids is 1. The third-order valence-corrected chi connectivity index (χ3v) is 3.53. The normalized spacial score (nSPS) is 32.8. The Morgan fingerprint density at radius 3 is 2.53 bits per heavy atom. The van der Waals surface area contributed by atoms with Gasteiger partial charge in [0, 0.05) is 12.6 Å². The highest BCUT2D eigenvalue weighted by atomic mass is 16.6. The van der Waals surface area contributed by atoms with Gasteiger partial charge in [-0.3, -0.25) is 14.5 Å². The number of hydrogen-bond acceptors (Lipinski definition) is 4. The van der Waals surface area contributed by atoms with Crippen molar-refractivity contribution < 1.29 is 19.4 Å². The maximum absolute atomic E-state index is 12.1. The summed E-state index contributed by atoms with van der Waals surface area (Å²) in [4.78, 5) is 25.6. The van der Waals surface area contributed by atoms with Crippen LogP contribution in [0.4, 0.5) is 0 Å². The topological polar surface area (TPSA) is 66.8 Å². The molecular formula is C12H19NO4. The molecule has 2 heterocycles. The lowest BCUT2D eigenvalue weighted by atomic mass is 9.71. The van der Waals surface area contributed by atoms with Crippen LogP contribution in [-0.2, 0) is 14.3 Å². The van der Waals surface area contributed by atoms with E-state index in [1.807, 2.05) is 0 Å². The molecule has 0 bridgehead atoms. The van der Waals surface area contributed by atoms with Crippen LogP contribution in [0.3, 0.4) is 0 Å². The Balaban J connectivity index is 2.19. The molecule has 2 aliphatic heterocycles. The average molecular weight is 241 g/mol. The highest BCUT2D eigenvalue weighted by Crippen LogP contribution is 2.45. The van der Waals surface area contributed by atoms with Gasteiger partial charge >= 0.3 is 11.9 Å². The Morgan fingerprint density at radius 2 is 2.06 bits per heavy atom. The molecule has 2 aliphatic rings. The molecule has 0 aromatic rings. The summed E-state index contributed by atoms with van der Waals surface area (Å²) in [5.41, 5.74) is -1.97. The summed E-state index contributed by atoms with van der Waals surface area (Å²) in [6.07, 6.45) is 1.73. The van der Waals surface area contributed by atoms with Gasteiger partial charge in [-0.25, -0.2) is 0 Å². The summed E-state index contributed by atoms with van der Waals surface area (Å²) in [6, 6.07) is -0.171.